The van der Waals surface area contributed by atoms with E-state index in [1.54, 1.807) is 11.3 Å². The van der Waals surface area contributed by atoms with Gasteiger partial charge in [-0.1, -0.05) is 17.8 Å². The van der Waals surface area contributed by atoms with E-state index in [1.165, 1.54) is 4.21 Å². The molecule has 0 bridgehead atoms. The minimum absolute atomic E-state index is 0.303. The van der Waals surface area contributed by atoms with Gasteiger partial charge in [-0.2, -0.15) is 0 Å². The van der Waals surface area contributed by atoms with Crippen LogP contribution in [0.25, 0.3) is 0 Å². The summed E-state index contributed by atoms with van der Waals surface area (Å²) < 4.78 is 1.23. The molecule has 3 N–H and O–H groups in total. The summed E-state index contributed by atoms with van der Waals surface area (Å²) in [5.74, 6) is 1.09. The van der Waals surface area contributed by atoms with E-state index < -0.39 is 0 Å². The molecule has 0 aliphatic carbocycles. The first-order chi connectivity index (χ1) is 6.74. The molecule has 5 heteroatoms. The maximum absolute atomic E-state index is 8.60. The van der Waals surface area contributed by atoms with E-state index >= 15 is 0 Å². The zero-order valence-electron chi connectivity index (χ0n) is 8.32. The van der Waals surface area contributed by atoms with E-state index in [2.05, 4.69) is 4.98 Å². The van der Waals surface area contributed by atoms with Crippen LogP contribution in [0.4, 0.5) is 5.13 Å². The largest absolute Gasteiger partial charge is 0.396 e. The van der Waals surface area contributed by atoms with Gasteiger partial charge in [-0.3, -0.25) is 0 Å². The fraction of sp³-hybridized carbons (Fsp3) is 0.667. The highest BCUT2D eigenvalue weighted by Gasteiger charge is 2.04. The molecule has 14 heavy (non-hydrogen) atoms. The molecule has 0 atom stereocenters. The van der Waals surface area contributed by atoms with Gasteiger partial charge < -0.3 is 10.8 Å². The number of aliphatic hydroxyl groups excluding tert-OH is 1. The van der Waals surface area contributed by atoms with E-state index in [1.807, 2.05) is 18.7 Å². The van der Waals surface area contributed by atoms with E-state index in [4.69, 9.17) is 10.8 Å². The molecule has 3 nitrogen and oxygen atoms in total. The number of rotatable bonds is 6. The number of thioether (sulfide) groups is 1. The number of thiazole rings is 1. The Labute approximate surface area is 92.7 Å². The second kappa shape index (κ2) is 6.27. The Bertz CT molecular complexity index is 276. The van der Waals surface area contributed by atoms with E-state index in [0.717, 1.165) is 30.7 Å². The molecule has 1 aromatic heterocycles. The molecule has 1 aromatic rings. The molecular formula is C9H16N2OS2. The lowest BCUT2D eigenvalue weighted by molar-refractivity contribution is 0.284. The molecule has 0 aromatic carbocycles. The fourth-order valence-electron chi connectivity index (χ4n) is 1.09. The van der Waals surface area contributed by atoms with Crippen molar-refractivity contribution in [2.75, 3.05) is 18.1 Å². The summed E-state index contributed by atoms with van der Waals surface area (Å²) >= 11 is 3.37. The molecule has 0 saturated carbocycles. The summed E-state index contributed by atoms with van der Waals surface area (Å²) in [5, 5.41) is 9.25. The van der Waals surface area contributed by atoms with Gasteiger partial charge in [-0.05, 0) is 25.5 Å². The van der Waals surface area contributed by atoms with Gasteiger partial charge in [0.25, 0.3) is 0 Å². The number of unbranched alkanes of at least 4 members (excludes halogenated alkanes) is 2. The first kappa shape index (κ1) is 11.8. The molecule has 0 spiro atoms. The van der Waals surface area contributed by atoms with Gasteiger partial charge in [0.05, 0.1) is 9.90 Å². The van der Waals surface area contributed by atoms with Crippen LogP contribution in [0.3, 0.4) is 0 Å². The molecule has 0 aliphatic heterocycles. The summed E-state index contributed by atoms with van der Waals surface area (Å²) in [7, 11) is 0. The van der Waals surface area contributed by atoms with Crippen molar-refractivity contribution < 1.29 is 5.11 Å². The normalized spacial score (nSPS) is 10.7. The minimum Gasteiger partial charge on any atom is -0.396 e. The number of anilines is 1. The van der Waals surface area contributed by atoms with Crippen LogP contribution in [-0.4, -0.2) is 22.5 Å². The maximum atomic E-state index is 8.60. The Morgan fingerprint density at radius 2 is 2.21 bits per heavy atom. The lowest BCUT2D eigenvalue weighted by Gasteiger charge is -1.98. The van der Waals surface area contributed by atoms with Gasteiger partial charge in [-0.15, -0.1) is 11.8 Å². The first-order valence-corrected chi connectivity index (χ1v) is 6.51. The highest BCUT2D eigenvalue weighted by Crippen LogP contribution is 2.30. The number of hydrogen-bond donors (Lipinski definition) is 2. The second-order valence-electron chi connectivity index (χ2n) is 3.06. The van der Waals surface area contributed by atoms with Crippen LogP contribution in [0.2, 0.25) is 0 Å². The number of aliphatic hydroxyl groups is 1. The van der Waals surface area contributed by atoms with E-state index in [0.29, 0.717) is 11.7 Å². The number of aromatic nitrogens is 1. The van der Waals surface area contributed by atoms with E-state index in [9.17, 15) is 0 Å². The lowest BCUT2D eigenvalue weighted by atomic mass is 10.3. The molecule has 0 fully saturated rings. The Kier molecular flexibility index (Phi) is 5.29. The Morgan fingerprint density at radius 1 is 1.43 bits per heavy atom. The quantitative estimate of drug-likeness (QED) is 0.583. The number of nitrogens with zero attached hydrogens (tertiary/aromatic N) is 1. The van der Waals surface area contributed by atoms with Gasteiger partial charge in [0.1, 0.15) is 0 Å². The fourth-order valence-corrected chi connectivity index (χ4v) is 3.19. The van der Waals surface area contributed by atoms with Gasteiger partial charge >= 0.3 is 0 Å². The van der Waals surface area contributed by atoms with Crippen LogP contribution in [0.5, 0.6) is 0 Å². The Morgan fingerprint density at radius 3 is 2.79 bits per heavy atom. The van der Waals surface area contributed by atoms with Crippen molar-refractivity contribution in [3.05, 3.63) is 5.69 Å². The van der Waals surface area contributed by atoms with Gasteiger partial charge in [-0.25, -0.2) is 4.98 Å². The average molecular weight is 232 g/mol. The molecule has 0 saturated heterocycles. The summed E-state index contributed by atoms with van der Waals surface area (Å²) in [6, 6.07) is 0. The summed E-state index contributed by atoms with van der Waals surface area (Å²) in [6.45, 7) is 2.29. The van der Waals surface area contributed by atoms with Crippen LogP contribution in [0.1, 0.15) is 25.0 Å². The third kappa shape index (κ3) is 3.86. The predicted octanol–water partition coefficient (Wildman–Crippen LogP) is 2.29. The van der Waals surface area contributed by atoms with Crippen LogP contribution in [0, 0.1) is 6.92 Å². The van der Waals surface area contributed by atoms with Crippen molar-refractivity contribution in [1.82, 2.24) is 4.98 Å². The maximum Gasteiger partial charge on any atom is 0.181 e. The molecule has 0 aliphatic rings. The van der Waals surface area contributed by atoms with Gasteiger partial charge in [0, 0.05) is 6.61 Å². The smallest absolute Gasteiger partial charge is 0.181 e. The van der Waals surface area contributed by atoms with Gasteiger partial charge in [0.15, 0.2) is 5.13 Å². The second-order valence-corrected chi connectivity index (χ2v) is 5.45. The molecular weight excluding hydrogens is 216 g/mol. The van der Waals surface area contributed by atoms with Crippen LogP contribution >= 0.6 is 23.1 Å². The molecule has 1 rings (SSSR count). The number of nitrogens with two attached hydrogens (primary N) is 1. The zero-order valence-corrected chi connectivity index (χ0v) is 9.96. The highest BCUT2D eigenvalue weighted by atomic mass is 32.2. The van der Waals surface area contributed by atoms with Crippen molar-refractivity contribution in [3.8, 4) is 0 Å². The summed E-state index contributed by atoms with van der Waals surface area (Å²) in [4.78, 5) is 4.16. The monoisotopic (exact) mass is 232 g/mol. The molecule has 1 heterocycles. The van der Waals surface area contributed by atoms with Crippen LogP contribution in [-0.2, 0) is 0 Å². The van der Waals surface area contributed by atoms with Crippen LogP contribution in [0.15, 0.2) is 4.21 Å². The average Bonchev–Trinajstić information content (AvgIpc) is 2.45. The number of aryl methyl sites for hydroxylation is 1. The molecule has 0 amide bonds. The first-order valence-electron chi connectivity index (χ1n) is 4.70. The zero-order chi connectivity index (χ0) is 10.4. The third-order valence-corrected chi connectivity index (χ3v) is 4.24. The highest BCUT2D eigenvalue weighted by molar-refractivity contribution is 8.01. The van der Waals surface area contributed by atoms with Crippen molar-refractivity contribution in [2.24, 2.45) is 0 Å². The van der Waals surface area contributed by atoms with Gasteiger partial charge in [0.2, 0.25) is 0 Å². The van der Waals surface area contributed by atoms with Crippen molar-refractivity contribution >= 4 is 28.2 Å². The lowest BCUT2D eigenvalue weighted by Crippen LogP contribution is -1.85. The van der Waals surface area contributed by atoms with Crippen molar-refractivity contribution in [3.63, 3.8) is 0 Å². The molecule has 80 valence electrons. The van der Waals surface area contributed by atoms with Crippen molar-refractivity contribution in [1.29, 1.82) is 0 Å². The number of nitrogen functional groups attached to an aromatic ring is 1. The summed E-state index contributed by atoms with van der Waals surface area (Å²) in [5.41, 5.74) is 6.63. The molecule has 0 unspecified atom stereocenters. The van der Waals surface area contributed by atoms with E-state index in [-0.39, 0.29) is 0 Å². The third-order valence-electron chi connectivity index (χ3n) is 1.81. The minimum atomic E-state index is 0.303. The number of hydrogen-bond acceptors (Lipinski definition) is 5. The standard InChI is InChI=1S/C9H16N2OS2/c1-7-8(14-9(10)11-7)13-6-4-2-3-5-12/h12H,2-6H2,1H3,(H2,10,11). The molecule has 0 radical (unpaired) electrons. The van der Waals surface area contributed by atoms with Crippen molar-refractivity contribution in [2.45, 2.75) is 30.4 Å². The Hall–Kier alpha value is -0.260. The summed E-state index contributed by atoms with van der Waals surface area (Å²) in [6.07, 6.45) is 3.14. The SMILES string of the molecule is Cc1nc(N)sc1SCCCCCO. The predicted molar refractivity (Wildman–Crippen MR) is 62.9 cm³/mol. The Balaban J connectivity index is 2.21. The topological polar surface area (TPSA) is 59.1 Å². The van der Waals surface area contributed by atoms with Crippen LogP contribution < -0.4 is 5.73 Å².